The first-order valence-electron chi connectivity index (χ1n) is 7.89. The third kappa shape index (κ3) is 3.68. The molecule has 1 heterocycles. The number of nitrogen functional groups attached to an aromatic ring is 1. The Hall–Kier alpha value is -2.80. The van der Waals surface area contributed by atoms with Gasteiger partial charge >= 0.3 is 0 Å². The third-order valence-corrected chi connectivity index (χ3v) is 4.37. The number of nitrogens with two attached hydrogens (primary N) is 1. The first-order valence-corrected chi connectivity index (χ1v) is 8.27. The quantitative estimate of drug-likeness (QED) is 0.652. The fourth-order valence-corrected chi connectivity index (χ4v) is 3.08. The number of benzene rings is 2. The normalized spacial score (nSPS) is 10.9. The van der Waals surface area contributed by atoms with Crippen molar-refractivity contribution in [3.63, 3.8) is 0 Å². The predicted octanol–water partition coefficient (Wildman–Crippen LogP) is 4.70. The number of hydrogen-bond acceptors (Lipinski definition) is 4. The van der Waals surface area contributed by atoms with E-state index < -0.39 is 17.5 Å². The Morgan fingerprint density at radius 3 is 2.26 bits per heavy atom. The van der Waals surface area contributed by atoms with Gasteiger partial charge in [-0.25, -0.2) is 23.1 Å². The fourth-order valence-electron chi connectivity index (χ4n) is 2.87. The van der Waals surface area contributed by atoms with Gasteiger partial charge in [0.2, 0.25) is 0 Å². The molecule has 1 aromatic heterocycles. The number of aromatic nitrogens is 2. The van der Waals surface area contributed by atoms with E-state index in [2.05, 4.69) is 9.97 Å². The lowest BCUT2D eigenvalue weighted by molar-refractivity contribution is 0.407. The summed E-state index contributed by atoms with van der Waals surface area (Å²) in [6, 6.07) is 4.65. The van der Waals surface area contributed by atoms with Crippen LogP contribution in [0.5, 0.6) is 5.75 Å². The second-order valence-corrected chi connectivity index (χ2v) is 6.32. The third-order valence-electron chi connectivity index (χ3n) is 4.16. The number of aryl methyl sites for hydroxylation is 1. The maximum absolute atomic E-state index is 14.6. The molecule has 0 unspecified atom stereocenters. The second kappa shape index (κ2) is 7.44. The summed E-state index contributed by atoms with van der Waals surface area (Å²) in [7, 11) is 1.31. The Morgan fingerprint density at radius 1 is 1.00 bits per heavy atom. The van der Waals surface area contributed by atoms with Crippen molar-refractivity contribution in [1.29, 1.82) is 0 Å². The molecule has 0 saturated heterocycles. The summed E-state index contributed by atoms with van der Waals surface area (Å²) >= 11 is 5.79. The van der Waals surface area contributed by atoms with Crippen LogP contribution in [-0.4, -0.2) is 17.1 Å². The first kappa shape index (κ1) is 19.0. The van der Waals surface area contributed by atoms with Gasteiger partial charge in [0.25, 0.3) is 0 Å². The SMILES string of the molecule is COc1cc(F)c(-c2c(C)ncnc2Cc2c(N)cc(Cl)cc2F)c(F)c1. The molecular weight excluding hydrogens is 379 g/mol. The molecule has 0 aliphatic rings. The van der Waals surface area contributed by atoms with Crippen LogP contribution in [0, 0.1) is 24.4 Å². The standard InChI is InChI=1S/C19H15ClF3N3O/c1-9-18(19-14(22)5-11(27-2)6-15(19)23)17(26-8-25-9)7-12-13(21)3-10(20)4-16(12)24/h3-6,8H,7,24H2,1-2H3. The molecule has 3 rings (SSSR count). The van der Waals surface area contributed by atoms with Crippen molar-refractivity contribution < 1.29 is 17.9 Å². The van der Waals surface area contributed by atoms with Crippen molar-refractivity contribution in [3.8, 4) is 16.9 Å². The summed E-state index contributed by atoms with van der Waals surface area (Å²) in [5.41, 5.74) is 6.53. The zero-order valence-corrected chi connectivity index (χ0v) is 15.2. The monoisotopic (exact) mass is 393 g/mol. The Bertz CT molecular complexity index is 981. The Balaban J connectivity index is 2.18. The van der Waals surface area contributed by atoms with E-state index in [9.17, 15) is 13.2 Å². The zero-order chi connectivity index (χ0) is 19.7. The minimum Gasteiger partial charge on any atom is -0.497 e. The summed E-state index contributed by atoms with van der Waals surface area (Å²) < 4.78 is 48.4. The van der Waals surface area contributed by atoms with E-state index >= 15 is 0 Å². The van der Waals surface area contributed by atoms with E-state index in [4.69, 9.17) is 22.1 Å². The molecule has 0 amide bonds. The molecule has 0 atom stereocenters. The molecule has 8 heteroatoms. The molecule has 0 aliphatic carbocycles. The summed E-state index contributed by atoms with van der Waals surface area (Å²) in [5, 5.41) is 0.153. The Kier molecular flexibility index (Phi) is 5.23. The minimum atomic E-state index is -0.837. The molecule has 0 saturated carbocycles. The van der Waals surface area contributed by atoms with Gasteiger partial charge in [0.1, 0.15) is 29.5 Å². The van der Waals surface area contributed by atoms with Crippen LogP contribution < -0.4 is 10.5 Å². The van der Waals surface area contributed by atoms with Crippen molar-refractivity contribution in [2.75, 3.05) is 12.8 Å². The van der Waals surface area contributed by atoms with Gasteiger partial charge in [0, 0.05) is 46.1 Å². The number of rotatable bonds is 4. The highest BCUT2D eigenvalue weighted by Gasteiger charge is 2.22. The molecule has 27 heavy (non-hydrogen) atoms. The van der Waals surface area contributed by atoms with Crippen molar-refractivity contribution >= 4 is 17.3 Å². The lowest BCUT2D eigenvalue weighted by Crippen LogP contribution is -2.06. The lowest BCUT2D eigenvalue weighted by atomic mass is 9.96. The van der Waals surface area contributed by atoms with Crippen LogP contribution in [0.4, 0.5) is 18.9 Å². The van der Waals surface area contributed by atoms with Gasteiger partial charge in [-0.2, -0.15) is 0 Å². The van der Waals surface area contributed by atoms with Crippen LogP contribution >= 0.6 is 11.6 Å². The Labute approximate surface area is 158 Å². The Morgan fingerprint density at radius 2 is 1.67 bits per heavy atom. The molecule has 140 valence electrons. The molecule has 0 spiro atoms. The predicted molar refractivity (Wildman–Crippen MR) is 97.3 cm³/mol. The van der Waals surface area contributed by atoms with Gasteiger partial charge in [-0.1, -0.05) is 11.6 Å². The van der Waals surface area contributed by atoms with E-state index in [0.717, 1.165) is 18.2 Å². The molecule has 0 radical (unpaired) electrons. The van der Waals surface area contributed by atoms with Crippen molar-refractivity contribution in [3.05, 3.63) is 70.0 Å². The molecule has 3 aromatic rings. The van der Waals surface area contributed by atoms with E-state index in [1.165, 1.54) is 19.5 Å². The second-order valence-electron chi connectivity index (χ2n) is 5.88. The summed E-state index contributed by atoms with van der Waals surface area (Å²) in [6.07, 6.45) is 1.16. The van der Waals surface area contributed by atoms with Gasteiger partial charge in [-0.15, -0.1) is 0 Å². The van der Waals surface area contributed by atoms with Crippen LogP contribution in [0.3, 0.4) is 0 Å². The zero-order valence-electron chi connectivity index (χ0n) is 14.5. The lowest BCUT2D eigenvalue weighted by Gasteiger charge is -2.15. The number of ether oxygens (including phenoxy) is 1. The van der Waals surface area contributed by atoms with Crippen LogP contribution in [0.15, 0.2) is 30.6 Å². The number of methoxy groups -OCH3 is 1. The highest BCUT2D eigenvalue weighted by Crippen LogP contribution is 2.35. The number of hydrogen-bond donors (Lipinski definition) is 1. The highest BCUT2D eigenvalue weighted by molar-refractivity contribution is 6.30. The average molecular weight is 394 g/mol. The topological polar surface area (TPSA) is 61.0 Å². The maximum Gasteiger partial charge on any atom is 0.137 e. The van der Waals surface area contributed by atoms with Crippen molar-refractivity contribution in [1.82, 2.24) is 9.97 Å². The van der Waals surface area contributed by atoms with Crippen LogP contribution in [-0.2, 0) is 6.42 Å². The van der Waals surface area contributed by atoms with Crippen LogP contribution in [0.25, 0.3) is 11.1 Å². The van der Waals surface area contributed by atoms with Crippen LogP contribution in [0.2, 0.25) is 5.02 Å². The highest BCUT2D eigenvalue weighted by atomic mass is 35.5. The largest absolute Gasteiger partial charge is 0.497 e. The van der Waals surface area contributed by atoms with Gasteiger partial charge in [0.15, 0.2) is 0 Å². The molecule has 0 aliphatic heterocycles. The van der Waals surface area contributed by atoms with E-state index in [1.54, 1.807) is 6.92 Å². The van der Waals surface area contributed by atoms with Crippen LogP contribution in [0.1, 0.15) is 17.0 Å². The summed E-state index contributed by atoms with van der Waals surface area (Å²) in [6.45, 7) is 1.59. The average Bonchev–Trinajstić information content (AvgIpc) is 2.59. The smallest absolute Gasteiger partial charge is 0.137 e. The fraction of sp³-hybridized carbons (Fsp3) is 0.158. The molecular formula is C19H15ClF3N3O. The molecule has 4 nitrogen and oxygen atoms in total. The minimum absolute atomic E-state index is 0.0396. The maximum atomic E-state index is 14.6. The van der Waals surface area contributed by atoms with E-state index in [0.29, 0.717) is 5.69 Å². The van der Waals surface area contributed by atoms with Gasteiger partial charge in [-0.05, 0) is 19.1 Å². The van der Waals surface area contributed by atoms with Gasteiger partial charge < -0.3 is 10.5 Å². The van der Waals surface area contributed by atoms with Crippen molar-refractivity contribution in [2.24, 2.45) is 0 Å². The number of halogens is 4. The van der Waals surface area contributed by atoms with Crippen molar-refractivity contribution in [2.45, 2.75) is 13.3 Å². The van der Waals surface area contributed by atoms with Gasteiger partial charge in [0.05, 0.1) is 18.4 Å². The molecule has 0 bridgehead atoms. The number of nitrogens with zero attached hydrogens (tertiary/aromatic N) is 2. The molecule has 0 fully saturated rings. The van der Waals surface area contributed by atoms with Gasteiger partial charge in [-0.3, -0.25) is 0 Å². The number of anilines is 1. The first-order chi connectivity index (χ1) is 12.8. The summed E-state index contributed by atoms with van der Waals surface area (Å²) in [5.74, 6) is -2.26. The summed E-state index contributed by atoms with van der Waals surface area (Å²) in [4.78, 5) is 8.13. The molecule has 2 N–H and O–H groups in total. The van der Waals surface area contributed by atoms with E-state index in [-0.39, 0.29) is 45.3 Å². The molecule has 2 aromatic carbocycles. The van der Waals surface area contributed by atoms with E-state index in [1.807, 2.05) is 0 Å².